The molecule has 0 aromatic heterocycles. The zero-order valence-corrected chi connectivity index (χ0v) is 4.50. The number of hydrogen-bond donors (Lipinski definition) is 0. The minimum Gasteiger partial charge on any atom is -0.247 e. The van der Waals surface area contributed by atoms with Gasteiger partial charge in [-0.15, -0.1) is 0 Å². The Hall–Kier alpha value is -0.210. The summed E-state index contributed by atoms with van der Waals surface area (Å²) in [5.74, 6) is -3.78. The van der Waals surface area contributed by atoms with Crippen LogP contribution >= 0.6 is 0 Å². The van der Waals surface area contributed by atoms with E-state index in [1.165, 1.54) is 0 Å². The highest BCUT2D eigenvalue weighted by Gasteiger charge is 2.52. The van der Waals surface area contributed by atoms with E-state index >= 15 is 0 Å². The van der Waals surface area contributed by atoms with E-state index in [4.69, 9.17) is 0 Å². The second-order valence-corrected chi connectivity index (χ2v) is 2.31. The SMILES string of the molecule is CC(F)(F)C1C[C@H]1F. The Morgan fingerprint density at radius 1 is 1.50 bits per heavy atom. The van der Waals surface area contributed by atoms with Gasteiger partial charge in [0, 0.05) is 0 Å². The van der Waals surface area contributed by atoms with Gasteiger partial charge < -0.3 is 0 Å². The van der Waals surface area contributed by atoms with Gasteiger partial charge in [-0.25, -0.2) is 13.2 Å². The van der Waals surface area contributed by atoms with Crippen molar-refractivity contribution in [3.05, 3.63) is 0 Å². The van der Waals surface area contributed by atoms with Crippen LogP contribution in [0.15, 0.2) is 0 Å². The molecule has 0 radical (unpaired) electrons. The lowest BCUT2D eigenvalue weighted by atomic mass is 10.2. The van der Waals surface area contributed by atoms with E-state index in [1.807, 2.05) is 0 Å². The Bertz CT molecular complexity index is 94.3. The van der Waals surface area contributed by atoms with Gasteiger partial charge in [0.2, 0.25) is 0 Å². The van der Waals surface area contributed by atoms with E-state index in [-0.39, 0.29) is 6.42 Å². The highest BCUT2D eigenvalue weighted by atomic mass is 19.3. The summed E-state index contributed by atoms with van der Waals surface area (Å²) >= 11 is 0. The summed E-state index contributed by atoms with van der Waals surface area (Å²) in [6.45, 7) is 0.761. The molecule has 0 spiro atoms. The van der Waals surface area contributed by atoms with E-state index in [2.05, 4.69) is 0 Å². The van der Waals surface area contributed by atoms with Crippen molar-refractivity contribution in [2.45, 2.75) is 25.4 Å². The smallest absolute Gasteiger partial charge is 0.247 e. The summed E-state index contributed by atoms with van der Waals surface area (Å²) in [6, 6.07) is 0. The van der Waals surface area contributed by atoms with Gasteiger partial charge in [-0.1, -0.05) is 0 Å². The van der Waals surface area contributed by atoms with Crippen LogP contribution in [0.25, 0.3) is 0 Å². The first-order chi connectivity index (χ1) is 3.52. The fourth-order valence-corrected chi connectivity index (χ4v) is 0.689. The van der Waals surface area contributed by atoms with Gasteiger partial charge in [0.05, 0.1) is 5.92 Å². The van der Waals surface area contributed by atoms with Crippen LogP contribution in [0.5, 0.6) is 0 Å². The molecule has 1 saturated carbocycles. The van der Waals surface area contributed by atoms with Gasteiger partial charge >= 0.3 is 0 Å². The number of rotatable bonds is 1. The third kappa shape index (κ3) is 0.956. The molecule has 3 heteroatoms. The van der Waals surface area contributed by atoms with Crippen molar-refractivity contribution in [3.63, 3.8) is 0 Å². The first-order valence-corrected chi connectivity index (χ1v) is 2.53. The Balaban J connectivity index is 2.39. The van der Waals surface area contributed by atoms with E-state index in [9.17, 15) is 13.2 Å². The largest absolute Gasteiger partial charge is 0.251 e. The van der Waals surface area contributed by atoms with Crippen molar-refractivity contribution in [3.8, 4) is 0 Å². The van der Waals surface area contributed by atoms with Gasteiger partial charge in [-0.3, -0.25) is 0 Å². The molecule has 1 rings (SSSR count). The second-order valence-electron chi connectivity index (χ2n) is 2.31. The maximum absolute atomic E-state index is 11.9. The molecule has 1 fully saturated rings. The van der Waals surface area contributed by atoms with Crippen LogP contribution < -0.4 is 0 Å². The fourth-order valence-electron chi connectivity index (χ4n) is 0.689. The molecule has 0 aliphatic heterocycles. The van der Waals surface area contributed by atoms with Crippen molar-refractivity contribution in [2.24, 2.45) is 5.92 Å². The van der Waals surface area contributed by atoms with Gasteiger partial charge in [0.25, 0.3) is 5.92 Å². The standard InChI is InChI=1S/C5H7F3/c1-5(7,8)3-2-4(3)6/h3-4H,2H2,1H3/t3?,4-/m1/s1. The van der Waals surface area contributed by atoms with Crippen LogP contribution in [0.3, 0.4) is 0 Å². The van der Waals surface area contributed by atoms with E-state index in [0.29, 0.717) is 0 Å². The predicted molar refractivity (Wildman–Crippen MR) is 23.6 cm³/mol. The average molecular weight is 124 g/mol. The molecule has 0 aromatic carbocycles. The molecule has 0 bridgehead atoms. The average Bonchev–Trinajstić information content (AvgIpc) is 2.13. The van der Waals surface area contributed by atoms with Crippen LogP contribution in [0.4, 0.5) is 13.2 Å². The highest BCUT2D eigenvalue weighted by Crippen LogP contribution is 2.45. The topological polar surface area (TPSA) is 0 Å². The molecule has 2 atom stereocenters. The van der Waals surface area contributed by atoms with Crippen LogP contribution in [-0.4, -0.2) is 12.1 Å². The summed E-state index contributed by atoms with van der Waals surface area (Å²) in [5.41, 5.74) is 0. The van der Waals surface area contributed by atoms with Crippen molar-refractivity contribution in [2.75, 3.05) is 0 Å². The van der Waals surface area contributed by atoms with Crippen LogP contribution in [0.2, 0.25) is 0 Å². The van der Waals surface area contributed by atoms with Crippen LogP contribution in [0.1, 0.15) is 13.3 Å². The third-order valence-electron chi connectivity index (χ3n) is 1.36. The Kier molecular flexibility index (Phi) is 1.03. The van der Waals surface area contributed by atoms with E-state index < -0.39 is 18.0 Å². The summed E-state index contributed by atoms with van der Waals surface area (Å²) in [4.78, 5) is 0. The van der Waals surface area contributed by atoms with Crippen LogP contribution in [-0.2, 0) is 0 Å². The number of alkyl halides is 3. The lowest BCUT2D eigenvalue weighted by molar-refractivity contribution is -0.00929. The minimum absolute atomic E-state index is 0.0451. The third-order valence-corrected chi connectivity index (χ3v) is 1.36. The predicted octanol–water partition coefficient (Wildman–Crippen LogP) is 2.00. The van der Waals surface area contributed by atoms with Gasteiger partial charge in [-0.05, 0) is 13.3 Å². The molecule has 0 nitrogen and oxygen atoms in total. The molecule has 0 N–H and O–H groups in total. The minimum atomic E-state index is -2.79. The molecule has 0 aromatic rings. The molecule has 1 aliphatic rings. The Labute approximate surface area is 45.7 Å². The van der Waals surface area contributed by atoms with Gasteiger partial charge in [-0.2, -0.15) is 0 Å². The van der Waals surface area contributed by atoms with E-state index in [1.54, 1.807) is 0 Å². The normalized spacial score (nSPS) is 37.5. The summed E-state index contributed by atoms with van der Waals surface area (Å²) < 4.78 is 35.6. The molecular formula is C5H7F3. The maximum atomic E-state index is 11.9. The molecular weight excluding hydrogens is 117 g/mol. The maximum Gasteiger partial charge on any atom is 0.251 e. The second kappa shape index (κ2) is 1.39. The van der Waals surface area contributed by atoms with Gasteiger partial charge in [0.15, 0.2) is 0 Å². The molecule has 48 valence electrons. The lowest BCUT2D eigenvalue weighted by Gasteiger charge is -2.05. The Morgan fingerprint density at radius 3 is 1.88 bits per heavy atom. The molecule has 0 amide bonds. The Morgan fingerprint density at radius 2 is 1.88 bits per heavy atom. The van der Waals surface area contributed by atoms with E-state index in [0.717, 1.165) is 6.92 Å². The molecule has 0 heterocycles. The summed E-state index contributed by atoms with van der Waals surface area (Å²) in [5, 5.41) is 0. The zero-order chi connectivity index (χ0) is 6.36. The highest BCUT2D eigenvalue weighted by molar-refractivity contribution is 4.94. The molecule has 1 aliphatic carbocycles. The van der Waals surface area contributed by atoms with Gasteiger partial charge in [0.1, 0.15) is 6.17 Å². The fraction of sp³-hybridized carbons (Fsp3) is 1.00. The van der Waals surface area contributed by atoms with Crippen molar-refractivity contribution in [1.82, 2.24) is 0 Å². The van der Waals surface area contributed by atoms with Crippen LogP contribution in [0, 0.1) is 5.92 Å². The summed E-state index contributed by atoms with van der Waals surface area (Å²) in [7, 11) is 0. The quantitative estimate of drug-likeness (QED) is 0.501. The first-order valence-electron chi connectivity index (χ1n) is 2.53. The summed E-state index contributed by atoms with van der Waals surface area (Å²) in [6.07, 6.45) is -1.20. The van der Waals surface area contributed by atoms with Crippen molar-refractivity contribution < 1.29 is 13.2 Å². The first kappa shape index (κ1) is 5.92. The molecule has 1 unspecified atom stereocenters. The van der Waals surface area contributed by atoms with Crippen molar-refractivity contribution >= 4 is 0 Å². The molecule has 0 saturated heterocycles. The van der Waals surface area contributed by atoms with Crippen molar-refractivity contribution in [1.29, 1.82) is 0 Å². The monoisotopic (exact) mass is 124 g/mol. The number of halogens is 3. The lowest BCUT2D eigenvalue weighted by Crippen LogP contribution is -2.13. The zero-order valence-electron chi connectivity index (χ0n) is 4.50. The molecule has 8 heavy (non-hydrogen) atoms. The number of hydrogen-bond acceptors (Lipinski definition) is 0.